The van der Waals surface area contributed by atoms with Gasteiger partial charge in [-0.2, -0.15) is 0 Å². The highest BCUT2D eigenvalue weighted by Crippen LogP contribution is 2.34. The van der Waals surface area contributed by atoms with Gasteiger partial charge in [-0.25, -0.2) is 0 Å². The highest BCUT2D eigenvalue weighted by molar-refractivity contribution is 9.11. The number of rotatable bonds is 4. The van der Waals surface area contributed by atoms with Crippen LogP contribution in [0, 0.1) is 0 Å². The fourth-order valence-electron chi connectivity index (χ4n) is 1.76. The highest BCUT2D eigenvalue weighted by atomic mass is 79.9. The van der Waals surface area contributed by atoms with Gasteiger partial charge in [-0.05, 0) is 46.2 Å². The Morgan fingerprint density at radius 3 is 2.65 bits per heavy atom. The van der Waals surface area contributed by atoms with Gasteiger partial charge in [0.05, 0.1) is 9.83 Å². The van der Waals surface area contributed by atoms with Crippen molar-refractivity contribution in [1.82, 2.24) is 5.32 Å². The van der Waals surface area contributed by atoms with Crippen LogP contribution in [0.4, 0.5) is 0 Å². The van der Waals surface area contributed by atoms with Crippen molar-refractivity contribution in [1.29, 1.82) is 0 Å². The molecular weight excluding hydrogens is 318 g/mol. The van der Waals surface area contributed by atoms with Gasteiger partial charge in [0.25, 0.3) is 0 Å². The number of halogens is 2. The molecule has 1 aromatic carbocycles. The van der Waals surface area contributed by atoms with Crippen LogP contribution < -0.4 is 5.32 Å². The zero-order valence-corrected chi connectivity index (χ0v) is 12.6. The molecule has 0 saturated carbocycles. The predicted octanol–water partition coefficient (Wildman–Crippen LogP) is 4.86. The number of thiophene rings is 1. The molecule has 0 aliphatic rings. The Hall–Kier alpha value is -0.350. The number of nitrogens with one attached hydrogen (secondary N) is 1. The van der Waals surface area contributed by atoms with E-state index in [1.165, 1.54) is 4.88 Å². The summed E-state index contributed by atoms with van der Waals surface area (Å²) >= 11 is 11.5. The number of hydrogen-bond acceptors (Lipinski definition) is 2. The summed E-state index contributed by atoms with van der Waals surface area (Å²) in [6.07, 6.45) is 0. The van der Waals surface area contributed by atoms with E-state index >= 15 is 0 Å². The summed E-state index contributed by atoms with van der Waals surface area (Å²) in [6.45, 7) is 3.01. The second-order valence-electron chi connectivity index (χ2n) is 3.65. The molecule has 4 heteroatoms. The zero-order valence-electron chi connectivity index (χ0n) is 9.41. The van der Waals surface area contributed by atoms with Crippen molar-refractivity contribution in [2.24, 2.45) is 0 Å². The molecule has 0 saturated heterocycles. The third kappa shape index (κ3) is 3.10. The minimum Gasteiger partial charge on any atom is -0.306 e. The number of benzene rings is 1. The molecule has 0 spiro atoms. The van der Waals surface area contributed by atoms with E-state index in [0.29, 0.717) is 0 Å². The van der Waals surface area contributed by atoms with Crippen LogP contribution in [0.2, 0.25) is 5.02 Å². The Morgan fingerprint density at radius 2 is 2.06 bits per heavy atom. The van der Waals surface area contributed by atoms with Gasteiger partial charge in [0, 0.05) is 9.90 Å². The fourth-order valence-corrected chi connectivity index (χ4v) is 3.52. The van der Waals surface area contributed by atoms with Gasteiger partial charge in [-0.3, -0.25) is 0 Å². The SMILES string of the molecule is CCNC(c1ccc(Br)s1)c1ccccc1Cl. The first-order valence-corrected chi connectivity index (χ1v) is 7.44. The van der Waals surface area contributed by atoms with E-state index in [9.17, 15) is 0 Å². The van der Waals surface area contributed by atoms with Crippen LogP contribution in [-0.4, -0.2) is 6.54 Å². The second kappa shape index (κ2) is 6.01. The van der Waals surface area contributed by atoms with E-state index < -0.39 is 0 Å². The average molecular weight is 331 g/mol. The molecule has 0 aliphatic heterocycles. The van der Waals surface area contributed by atoms with Gasteiger partial charge < -0.3 is 5.32 Å². The van der Waals surface area contributed by atoms with Crippen LogP contribution in [-0.2, 0) is 0 Å². The van der Waals surface area contributed by atoms with Crippen LogP contribution >= 0.6 is 38.9 Å². The minimum absolute atomic E-state index is 0.171. The Bertz CT molecular complexity index is 498. The van der Waals surface area contributed by atoms with Gasteiger partial charge >= 0.3 is 0 Å². The van der Waals surface area contributed by atoms with Crippen molar-refractivity contribution in [3.05, 3.63) is 55.6 Å². The van der Waals surface area contributed by atoms with E-state index in [-0.39, 0.29) is 6.04 Å². The molecule has 1 aromatic heterocycles. The summed E-state index contributed by atoms with van der Waals surface area (Å²) in [5, 5.41) is 4.28. The molecule has 2 rings (SSSR count). The predicted molar refractivity (Wildman–Crippen MR) is 79.0 cm³/mol. The molecule has 1 N–H and O–H groups in total. The van der Waals surface area contributed by atoms with E-state index in [4.69, 9.17) is 11.6 Å². The molecule has 1 atom stereocenters. The summed E-state index contributed by atoms with van der Waals surface area (Å²) in [5.41, 5.74) is 1.13. The van der Waals surface area contributed by atoms with Crippen molar-refractivity contribution in [2.75, 3.05) is 6.54 Å². The Kier molecular flexibility index (Phi) is 4.62. The van der Waals surface area contributed by atoms with E-state index in [2.05, 4.69) is 46.4 Å². The first-order chi connectivity index (χ1) is 8.22. The molecule has 0 aliphatic carbocycles. The Labute approximate surface area is 119 Å². The molecule has 0 radical (unpaired) electrons. The standard InChI is InChI=1S/C13H13BrClNS/c1-2-16-13(11-7-8-12(14)17-11)9-5-3-4-6-10(9)15/h3-8,13,16H,2H2,1H3. The fraction of sp³-hybridized carbons (Fsp3) is 0.231. The van der Waals surface area contributed by atoms with E-state index in [1.807, 2.05) is 18.2 Å². The Balaban J connectivity index is 2.39. The highest BCUT2D eigenvalue weighted by Gasteiger charge is 2.17. The lowest BCUT2D eigenvalue weighted by Crippen LogP contribution is -2.21. The van der Waals surface area contributed by atoms with Crippen LogP contribution in [0.15, 0.2) is 40.2 Å². The zero-order chi connectivity index (χ0) is 12.3. The lowest BCUT2D eigenvalue weighted by molar-refractivity contribution is 0.640. The van der Waals surface area contributed by atoms with Crippen LogP contribution in [0.3, 0.4) is 0 Å². The van der Waals surface area contributed by atoms with Crippen molar-refractivity contribution >= 4 is 38.9 Å². The van der Waals surface area contributed by atoms with Crippen molar-refractivity contribution in [3.63, 3.8) is 0 Å². The minimum atomic E-state index is 0.171. The molecule has 0 fully saturated rings. The van der Waals surface area contributed by atoms with Gasteiger partial charge in [-0.15, -0.1) is 11.3 Å². The van der Waals surface area contributed by atoms with Gasteiger partial charge in [0.1, 0.15) is 0 Å². The molecule has 0 bridgehead atoms. The monoisotopic (exact) mass is 329 g/mol. The summed E-state index contributed by atoms with van der Waals surface area (Å²) in [5.74, 6) is 0. The lowest BCUT2D eigenvalue weighted by Gasteiger charge is -2.18. The van der Waals surface area contributed by atoms with Crippen LogP contribution in [0.5, 0.6) is 0 Å². The first kappa shape index (κ1) is 13.1. The lowest BCUT2D eigenvalue weighted by atomic mass is 10.1. The molecule has 1 heterocycles. The molecule has 0 amide bonds. The van der Waals surface area contributed by atoms with E-state index in [0.717, 1.165) is 20.9 Å². The normalized spacial score (nSPS) is 12.6. The first-order valence-electron chi connectivity index (χ1n) is 5.45. The summed E-state index contributed by atoms with van der Waals surface area (Å²) < 4.78 is 1.14. The number of hydrogen-bond donors (Lipinski definition) is 1. The van der Waals surface area contributed by atoms with Crippen molar-refractivity contribution < 1.29 is 0 Å². The van der Waals surface area contributed by atoms with Gasteiger partial charge in [-0.1, -0.05) is 36.7 Å². The maximum atomic E-state index is 6.26. The largest absolute Gasteiger partial charge is 0.306 e. The van der Waals surface area contributed by atoms with E-state index in [1.54, 1.807) is 11.3 Å². The summed E-state index contributed by atoms with van der Waals surface area (Å²) in [4.78, 5) is 1.27. The second-order valence-corrected chi connectivity index (χ2v) is 6.56. The molecule has 1 unspecified atom stereocenters. The quantitative estimate of drug-likeness (QED) is 0.844. The maximum Gasteiger partial charge on any atom is 0.0702 e. The summed E-state index contributed by atoms with van der Waals surface area (Å²) in [6, 6.07) is 12.4. The van der Waals surface area contributed by atoms with Crippen LogP contribution in [0.1, 0.15) is 23.4 Å². The topological polar surface area (TPSA) is 12.0 Å². The summed E-state index contributed by atoms with van der Waals surface area (Å²) in [7, 11) is 0. The molecular formula is C13H13BrClNS. The van der Waals surface area contributed by atoms with Crippen molar-refractivity contribution in [3.8, 4) is 0 Å². The molecule has 90 valence electrons. The smallest absolute Gasteiger partial charge is 0.0702 e. The third-order valence-corrected chi connectivity index (χ3v) is 4.54. The van der Waals surface area contributed by atoms with Crippen molar-refractivity contribution in [2.45, 2.75) is 13.0 Å². The molecule has 1 nitrogen and oxygen atoms in total. The molecule has 2 aromatic rings. The maximum absolute atomic E-state index is 6.26. The van der Waals surface area contributed by atoms with Gasteiger partial charge in [0.15, 0.2) is 0 Å². The van der Waals surface area contributed by atoms with Gasteiger partial charge in [0.2, 0.25) is 0 Å². The van der Waals surface area contributed by atoms with Crippen LogP contribution in [0.25, 0.3) is 0 Å². The molecule has 17 heavy (non-hydrogen) atoms. The average Bonchev–Trinajstić information content (AvgIpc) is 2.74. The third-order valence-electron chi connectivity index (χ3n) is 2.50. The Morgan fingerprint density at radius 1 is 1.29 bits per heavy atom.